The van der Waals surface area contributed by atoms with Gasteiger partial charge in [-0.3, -0.25) is 9.59 Å². The molecular formula is C20H22N4O2. The quantitative estimate of drug-likeness (QED) is 0.768. The number of carbonyl (C=O) groups is 1. The molecule has 0 bridgehead atoms. The Kier molecular flexibility index (Phi) is 5.02. The molecule has 0 aliphatic carbocycles. The number of anilines is 1. The molecule has 134 valence electrons. The highest BCUT2D eigenvalue weighted by Gasteiger charge is 2.20. The Bertz CT molecular complexity index is 977. The zero-order valence-corrected chi connectivity index (χ0v) is 15.2. The van der Waals surface area contributed by atoms with E-state index in [2.05, 4.69) is 10.2 Å². The fourth-order valence-electron chi connectivity index (χ4n) is 2.87. The van der Waals surface area contributed by atoms with Gasteiger partial charge < -0.3 is 9.80 Å². The smallest absolute Gasteiger partial charge is 0.275 e. The molecular weight excluding hydrogens is 328 g/mol. The van der Waals surface area contributed by atoms with Crippen LogP contribution < -0.4 is 10.5 Å². The van der Waals surface area contributed by atoms with Crippen LogP contribution in [0.1, 0.15) is 23.0 Å². The molecule has 2 aromatic carbocycles. The molecule has 1 N–H and O–H groups in total. The lowest BCUT2D eigenvalue weighted by Crippen LogP contribution is -2.32. The minimum atomic E-state index is -0.292. The van der Waals surface area contributed by atoms with Gasteiger partial charge in [-0.1, -0.05) is 30.3 Å². The van der Waals surface area contributed by atoms with Crippen molar-refractivity contribution in [1.29, 1.82) is 0 Å². The average Bonchev–Trinajstić information content (AvgIpc) is 2.66. The predicted octanol–water partition coefficient (Wildman–Crippen LogP) is 2.65. The van der Waals surface area contributed by atoms with E-state index >= 15 is 0 Å². The minimum absolute atomic E-state index is 0.198. The van der Waals surface area contributed by atoms with Crippen molar-refractivity contribution in [3.63, 3.8) is 0 Å². The van der Waals surface area contributed by atoms with Crippen molar-refractivity contribution < 1.29 is 4.79 Å². The Morgan fingerprint density at radius 1 is 1.04 bits per heavy atom. The Morgan fingerprint density at radius 3 is 2.31 bits per heavy atom. The number of hydrogen-bond acceptors (Lipinski definition) is 4. The third-order valence-electron chi connectivity index (χ3n) is 4.39. The average molecular weight is 350 g/mol. The molecule has 0 spiro atoms. The SMILES string of the molecule is CCN(Cc1ccc(N(C)C)cc1)C(=O)c1n[nH]c(=O)c2ccccc12. The van der Waals surface area contributed by atoms with Gasteiger partial charge >= 0.3 is 0 Å². The van der Waals surface area contributed by atoms with Crippen LogP contribution in [-0.4, -0.2) is 41.6 Å². The van der Waals surface area contributed by atoms with E-state index in [0.717, 1.165) is 11.3 Å². The van der Waals surface area contributed by atoms with Gasteiger partial charge in [-0.2, -0.15) is 5.10 Å². The number of nitrogens with one attached hydrogen (secondary N) is 1. The second-order valence-electron chi connectivity index (χ2n) is 6.33. The van der Waals surface area contributed by atoms with E-state index in [1.165, 1.54) is 0 Å². The number of nitrogens with zero attached hydrogens (tertiary/aromatic N) is 3. The topological polar surface area (TPSA) is 69.3 Å². The Labute approximate surface area is 152 Å². The first-order valence-electron chi connectivity index (χ1n) is 8.54. The highest BCUT2D eigenvalue weighted by Crippen LogP contribution is 2.17. The maximum atomic E-state index is 13.0. The molecule has 3 rings (SSSR count). The standard InChI is InChI=1S/C20H22N4O2/c1-4-24(13-14-9-11-15(12-10-14)23(2)3)20(26)18-16-7-5-6-8-17(16)19(25)22-21-18/h5-12H,4,13H2,1-3H3,(H,22,25). The minimum Gasteiger partial charge on any atom is -0.378 e. The summed E-state index contributed by atoms with van der Waals surface area (Å²) in [6.45, 7) is 2.96. The Morgan fingerprint density at radius 2 is 1.69 bits per heavy atom. The first kappa shape index (κ1) is 17.7. The fourth-order valence-corrected chi connectivity index (χ4v) is 2.87. The van der Waals surface area contributed by atoms with Gasteiger partial charge in [0.2, 0.25) is 0 Å². The van der Waals surface area contributed by atoms with Gasteiger partial charge in [0, 0.05) is 38.3 Å². The van der Waals surface area contributed by atoms with Gasteiger partial charge in [0.15, 0.2) is 5.69 Å². The molecule has 0 aliphatic rings. The first-order valence-corrected chi connectivity index (χ1v) is 8.54. The summed E-state index contributed by atoms with van der Waals surface area (Å²) in [6, 6.07) is 15.1. The van der Waals surface area contributed by atoms with Crippen LogP contribution in [0.4, 0.5) is 5.69 Å². The number of aromatic nitrogens is 2. The molecule has 1 heterocycles. The third kappa shape index (κ3) is 3.44. The molecule has 26 heavy (non-hydrogen) atoms. The predicted molar refractivity (Wildman–Crippen MR) is 104 cm³/mol. The van der Waals surface area contributed by atoms with Crippen LogP contribution in [0.25, 0.3) is 10.8 Å². The van der Waals surface area contributed by atoms with E-state index in [9.17, 15) is 9.59 Å². The summed E-state index contributed by atoms with van der Waals surface area (Å²) in [6.07, 6.45) is 0. The van der Waals surface area contributed by atoms with Gasteiger partial charge in [0.25, 0.3) is 11.5 Å². The maximum Gasteiger partial charge on any atom is 0.275 e. The number of fused-ring (bicyclic) bond motifs is 1. The molecule has 0 fully saturated rings. The van der Waals surface area contributed by atoms with Crippen LogP contribution in [0.5, 0.6) is 0 Å². The summed E-state index contributed by atoms with van der Waals surface area (Å²) in [7, 11) is 3.98. The van der Waals surface area contributed by atoms with E-state index in [1.807, 2.05) is 50.2 Å². The van der Waals surface area contributed by atoms with E-state index in [-0.39, 0.29) is 17.2 Å². The summed E-state index contributed by atoms with van der Waals surface area (Å²) >= 11 is 0. The molecule has 3 aromatic rings. The molecule has 6 heteroatoms. The van der Waals surface area contributed by atoms with Gasteiger partial charge in [0.05, 0.1) is 5.39 Å². The molecule has 0 atom stereocenters. The maximum absolute atomic E-state index is 13.0. The number of H-pyrrole nitrogens is 1. The zero-order valence-electron chi connectivity index (χ0n) is 15.2. The third-order valence-corrected chi connectivity index (χ3v) is 4.39. The van der Waals surface area contributed by atoms with E-state index in [0.29, 0.717) is 23.9 Å². The van der Waals surface area contributed by atoms with Crippen LogP contribution in [0.15, 0.2) is 53.3 Å². The number of rotatable bonds is 5. The van der Waals surface area contributed by atoms with Crippen molar-refractivity contribution in [1.82, 2.24) is 15.1 Å². The number of aromatic amines is 1. The molecule has 0 saturated carbocycles. The molecule has 0 aliphatic heterocycles. The number of carbonyl (C=O) groups excluding carboxylic acids is 1. The normalized spacial score (nSPS) is 10.7. The molecule has 0 unspecified atom stereocenters. The van der Waals surface area contributed by atoms with Crippen LogP contribution in [-0.2, 0) is 6.54 Å². The molecule has 1 amide bonds. The van der Waals surface area contributed by atoms with Crippen LogP contribution in [0, 0.1) is 0 Å². The lowest BCUT2D eigenvalue weighted by atomic mass is 10.1. The first-order chi connectivity index (χ1) is 12.5. The summed E-state index contributed by atoms with van der Waals surface area (Å²) in [5.41, 5.74) is 2.13. The van der Waals surface area contributed by atoms with Crippen LogP contribution in [0.2, 0.25) is 0 Å². The summed E-state index contributed by atoms with van der Waals surface area (Å²) in [4.78, 5) is 28.7. The monoisotopic (exact) mass is 350 g/mol. The van der Waals surface area contributed by atoms with Crippen LogP contribution >= 0.6 is 0 Å². The summed E-state index contributed by atoms with van der Waals surface area (Å²) in [5.74, 6) is -0.198. The fraction of sp³-hybridized carbons (Fsp3) is 0.250. The van der Waals surface area contributed by atoms with Crippen molar-refractivity contribution in [2.24, 2.45) is 0 Å². The lowest BCUT2D eigenvalue weighted by molar-refractivity contribution is 0.0747. The van der Waals surface area contributed by atoms with Crippen molar-refractivity contribution in [3.8, 4) is 0 Å². The van der Waals surface area contributed by atoms with Crippen LogP contribution in [0.3, 0.4) is 0 Å². The van der Waals surface area contributed by atoms with Crippen molar-refractivity contribution in [2.45, 2.75) is 13.5 Å². The van der Waals surface area contributed by atoms with Crippen molar-refractivity contribution in [3.05, 3.63) is 70.1 Å². The lowest BCUT2D eigenvalue weighted by Gasteiger charge is -2.21. The van der Waals surface area contributed by atoms with Crippen molar-refractivity contribution >= 4 is 22.4 Å². The highest BCUT2D eigenvalue weighted by molar-refractivity contribution is 6.04. The molecule has 6 nitrogen and oxygen atoms in total. The summed E-state index contributed by atoms with van der Waals surface area (Å²) < 4.78 is 0. The van der Waals surface area contributed by atoms with Crippen molar-refractivity contribution in [2.75, 3.05) is 25.5 Å². The van der Waals surface area contributed by atoms with E-state index in [4.69, 9.17) is 0 Å². The second kappa shape index (κ2) is 7.39. The Hall–Kier alpha value is -3.15. The zero-order chi connectivity index (χ0) is 18.7. The number of amides is 1. The largest absolute Gasteiger partial charge is 0.378 e. The van der Waals surface area contributed by atoms with Gasteiger partial charge in [0.1, 0.15) is 0 Å². The number of hydrogen-bond donors (Lipinski definition) is 1. The van der Waals surface area contributed by atoms with Gasteiger partial charge in [-0.05, 0) is 30.7 Å². The molecule has 0 radical (unpaired) electrons. The van der Waals surface area contributed by atoms with E-state index in [1.54, 1.807) is 29.2 Å². The highest BCUT2D eigenvalue weighted by atomic mass is 16.2. The Balaban J connectivity index is 1.90. The molecule has 0 saturated heterocycles. The number of benzene rings is 2. The van der Waals surface area contributed by atoms with Gasteiger partial charge in [-0.15, -0.1) is 0 Å². The second-order valence-corrected chi connectivity index (χ2v) is 6.33. The van der Waals surface area contributed by atoms with Gasteiger partial charge in [-0.25, -0.2) is 5.10 Å². The summed E-state index contributed by atoms with van der Waals surface area (Å²) in [5, 5.41) is 7.49. The van der Waals surface area contributed by atoms with E-state index < -0.39 is 0 Å². The molecule has 1 aromatic heterocycles.